The van der Waals surface area contributed by atoms with Gasteiger partial charge < -0.3 is 9.84 Å². The van der Waals surface area contributed by atoms with Crippen molar-refractivity contribution in [1.82, 2.24) is 14.9 Å². The van der Waals surface area contributed by atoms with Crippen LogP contribution in [0, 0.1) is 0 Å². The van der Waals surface area contributed by atoms with Crippen LogP contribution in [-0.4, -0.2) is 33.1 Å². The van der Waals surface area contributed by atoms with Crippen molar-refractivity contribution in [3.05, 3.63) is 84.1 Å². The summed E-state index contributed by atoms with van der Waals surface area (Å²) in [6.45, 7) is 2.79. The predicted molar refractivity (Wildman–Crippen MR) is 128 cm³/mol. The topological polar surface area (TPSA) is 58.5 Å². The molecule has 1 N–H and O–H groups in total. The highest BCUT2D eigenvalue weighted by Crippen LogP contribution is 2.40. The second-order valence-electron chi connectivity index (χ2n) is 8.02. The van der Waals surface area contributed by atoms with E-state index in [1.54, 1.807) is 17.4 Å². The van der Waals surface area contributed by atoms with Crippen LogP contribution >= 0.6 is 11.3 Å². The first kappa shape index (κ1) is 19.2. The Morgan fingerprint density at radius 1 is 1.00 bits per heavy atom. The van der Waals surface area contributed by atoms with Crippen LogP contribution in [0.2, 0.25) is 0 Å². The summed E-state index contributed by atoms with van der Waals surface area (Å²) in [5.74, 6) is 0.755. The minimum atomic E-state index is 0.174. The number of hydrogen-bond acceptors (Lipinski definition) is 6. The molecule has 3 aromatic carbocycles. The van der Waals surface area contributed by atoms with Crippen LogP contribution in [0.15, 0.2) is 72.9 Å². The molecular formula is C26H21N3O2S. The van der Waals surface area contributed by atoms with Crippen LogP contribution in [-0.2, 0) is 13.1 Å². The maximum atomic E-state index is 10.7. The average Bonchev–Trinajstić information content (AvgIpc) is 3.14. The number of nitrogens with zero attached hydrogens (tertiary/aromatic N) is 3. The van der Waals surface area contributed by atoms with Crippen LogP contribution in [0.1, 0.15) is 11.1 Å². The first-order valence-corrected chi connectivity index (χ1v) is 11.5. The minimum Gasteiger partial charge on any atom is -0.504 e. The van der Waals surface area contributed by atoms with Gasteiger partial charge in [0, 0.05) is 42.3 Å². The summed E-state index contributed by atoms with van der Waals surface area (Å²) in [5, 5.41) is 12.8. The van der Waals surface area contributed by atoms with Gasteiger partial charge in [-0.25, -0.2) is 4.98 Å². The molecule has 6 heteroatoms. The van der Waals surface area contributed by atoms with Crippen LogP contribution in [0.5, 0.6) is 11.5 Å². The van der Waals surface area contributed by atoms with Crippen LogP contribution < -0.4 is 4.74 Å². The molecule has 5 nitrogen and oxygen atoms in total. The lowest BCUT2D eigenvalue weighted by Crippen LogP contribution is -2.25. The molecule has 3 heterocycles. The first-order chi connectivity index (χ1) is 15.7. The molecule has 32 heavy (non-hydrogen) atoms. The van der Waals surface area contributed by atoms with Gasteiger partial charge in [0.15, 0.2) is 11.5 Å². The maximum absolute atomic E-state index is 10.7. The fraction of sp³-hybridized carbons (Fsp3) is 0.154. The SMILES string of the molecule is Oc1cc(-c2nc3ccccc3s2)cc2c1OCCN(Cc1ccnc3ccccc13)C2. The number of phenolic OH excluding ortho intramolecular Hbond substituents is 1. The van der Waals surface area contributed by atoms with Crippen molar-refractivity contribution in [3.8, 4) is 22.1 Å². The van der Waals surface area contributed by atoms with Crippen molar-refractivity contribution in [1.29, 1.82) is 0 Å². The summed E-state index contributed by atoms with van der Waals surface area (Å²) in [6, 6.07) is 22.3. The number of ether oxygens (including phenoxy) is 1. The molecule has 0 atom stereocenters. The van der Waals surface area contributed by atoms with Crippen molar-refractivity contribution < 1.29 is 9.84 Å². The van der Waals surface area contributed by atoms with Gasteiger partial charge in [-0.05, 0) is 42.0 Å². The molecule has 0 amide bonds. The molecule has 0 bridgehead atoms. The highest BCUT2D eigenvalue weighted by molar-refractivity contribution is 7.21. The molecule has 6 rings (SSSR count). The molecule has 0 radical (unpaired) electrons. The minimum absolute atomic E-state index is 0.174. The second-order valence-corrected chi connectivity index (χ2v) is 9.05. The molecule has 1 aliphatic rings. The van der Waals surface area contributed by atoms with Gasteiger partial charge >= 0.3 is 0 Å². The summed E-state index contributed by atoms with van der Waals surface area (Å²) in [5.41, 5.74) is 5.12. The van der Waals surface area contributed by atoms with E-state index in [2.05, 4.69) is 40.2 Å². The molecule has 0 saturated carbocycles. The number of pyridine rings is 1. The van der Waals surface area contributed by atoms with E-state index >= 15 is 0 Å². The lowest BCUT2D eigenvalue weighted by molar-refractivity contribution is 0.218. The van der Waals surface area contributed by atoms with Gasteiger partial charge in [0.25, 0.3) is 0 Å². The number of hydrogen-bond donors (Lipinski definition) is 1. The Balaban J connectivity index is 1.35. The zero-order valence-corrected chi connectivity index (χ0v) is 18.2. The van der Waals surface area contributed by atoms with Crippen molar-refractivity contribution in [3.63, 3.8) is 0 Å². The molecule has 0 aliphatic carbocycles. The number of rotatable bonds is 3. The fourth-order valence-corrected chi connectivity index (χ4v) is 5.29. The van der Waals surface area contributed by atoms with Crippen molar-refractivity contribution in [2.24, 2.45) is 0 Å². The molecular weight excluding hydrogens is 418 g/mol. The predicted octanol–water partition coefficient (Wildman–Crippen LogP) is 5.61. The number of benzene rings is 3. The summed E-state index contributed by atoms with van der Waals surface area (Å²) in [6.07, 6.45) is 1.87. The fourth-order valence-electron chi connectivity index (χ4n) is 4.34. The second kappa shape index (κ2) is 7.89. The Kier molecular flexibility index (Phi) is 4.74. The summed E-state index contributed by atoms with van der Waals surface area (Å²) in [4.78, 5) is 11.6. The highest BCUT2D eigenvalue weighted by atomic mass is 32.1. The molecule has 2 aromatic heterocycles. The summed E-state index contributed by atoms with van der Waals surface area (Å²) >= 11 is 1.64. The molecule has 158 valence electrons. The van der Waals surface area contributed by atoms with Crippen molar-refractivity contribution in [2.75, 3.05) is 13.2 Å². The maximum Gasteiger partial charge on any atom is 0.165 e. The zero-order chi connectivity index (χ0) is 21.5. The van der Waals surface area contributed by atoms with E-state index < -0.39 is 0 Å². The number of aromatic nitrogens is 2. The molecule has 0 fully saturated rings. The monoisotopic (exact) mass is 439 g/mol. The molecule has 0 spiro atoms. The average molecular weight is 440 g/mol. The van der Waals surface area contributed by atoms with E-state index in [0.717, 1.165) is 45.0 Å². The Morgan fingerprint density at radius 2 is 1.84 bits per heavy atom. The Hall–Kier alpha value is -3.48. The number of phenols is 1. The number of fused-ring (bicyclic) bond motifs is 3. The zero-order valence-electron chi connectivity index (χ0n) is 17.4. The molecule has 0 unspecified atom stereocenters. The van der Waals surface area contributed by atoms with Crippen molar-refractivity contribution in [2.45, 2.75) is 13.1 Å². The van der Waals surface area contributed by atoms with Gasteiger partial charge in [0.1, 0.15) is 11.6 Å². The third kappa shape index (κ3) is 3.47. The van der Waals surface area contributed by atoms with Crippen LogP contribution in [0.3, 0.4) is 0 Å². The Morgan fingerprint density at radius 3 is 2.75 bits per heavy atom. The van der Waals surface area contributed by atoms with Gasteiger partial charge in [0.05, 0.1) is 15.7 Å². The smallest absolute Gasteiger partial charge is 0.165 e. The van der Waals surface area contributed by atoms with E-state index in [9.17, 15) is 5.11 Å². The van der Waals surface area contributed by atoms with E-state index in [4.69, 9.17) is 9.72 Å². The molecule has 1 aliphatic heterocycles. The first-order valence-electron chi connectivity index (χ1n) is 10.6. The third-order valence-electron chi connectivity index (χ3n) is 5.87. The Bertz CT molecular complexity index is 1410. The summed E-state index contributed by atoms with van der Waals surface area (Å²) < 4.78 is 7.10. The van der Waals surface area contributed by atoms with E-state index in [1.807, 2.05) is 36.5 Å². The van der Waals surface area contributed by atoms with E-state index in [0.29, 0.717) is 18.9 Å². The largest absolute Gasteiger partial charge is 0.504 e. The van der Waals surface area contributed by atoms with E-state index in [-0.39, 0.29) is 5.75 Å². The standard InChI is InChI=1S/C26H21N3O2S/c30-23-14-18(26-28-22-7-3-4-8-24(22)32-26)13-19-16-29(11-12-31-25(19)23)15-17-9-10-27-21-6-2-1-5-20(17)21/h1-10,13-14,30H,11-12,15-16H2. The number of thiazole rings is 1. The van der Waals surface area contributed by atoms with Crippen LogP contribution in [0.4, 0.5) is 0 Å². The van der Waals surface area contributed by atoms with Gasteiger partial charge in [-0.15, -0.1) is 11.3 Å². The van der Waals surface area contributed by atoms with E-state index in [1.165, 1.54) is 10.9 Å². The number of para-hydroxylation sites is 2. The molecule has 0 saturated heterocycles. The van der Waals surface area contributed by atoms with Gasteiger partial charge in [-0.1, -0.05) is 30.3 Å². The normalized spacial score (nSPS) is 14.2. The lowest BCUT2D eigenvalue weighted by Gasteiger charge is -2.20. The quantitative estimate of drug-likeness (QED) is 0.396. The highest BCUT2D eigenvalue weighted by Gasteiger charge is 2.21. The van der Waals surface area contributed by atoms with Crippen LogP contribution in [0.25, 0.3) is 31.7 Å². The third-order valence-corrected chi connectivity index (χ3v) is 6.95. The lowest BCUT2D eigenvalue weighted by atomic mass is 10.1. The van der Waals surface area contributed by atoms with Crippen molar-refractivity contribution >= 4 is 32.5 Å². The summed E-state index contributed by atoms with van der Waals surface area (Å²) in [7, 11) is 0. The van der Waals surface area contributed by atoms with Gasteiger partial charge in [-0.3, -0.25) is 9.88 Å². The van der Waals surface area contributed by atoms with Gasteiger partial charge in [0.2, 0.25) is 0 Å². The Labute approximate surface area is 189 Å². The molecule has 5 aromatic rings. The number of aromatic hydroxyl groups is 1. The van der Waals surface area contributed by atoms with Gasteiger partial charge in [-0.2, -0.15) is 0 Å².